The first-order valence-electron chi connectivity index (χ1n) is 8.73. The number of hydrogen-bond donors (Lipinski definition) is 2. The van der Waals surface area contributed by atoms with Gasteiger partial charge in [0.15, 0.2) is 0 Å². The molecular weight excluding hydrogens is 396 g/mol. The van der Waals surface area contributed by atoms with Gasteiger partial charge in [-0.1, -0.05) is 64.7 Å². The summed E-state index contributed by atoms with van der Waals surface area (Å²) in [5, 5.41) is 17.3. The molecule has 0 rings (SSSR count). The van der Waals surface area contributed by atoms with Gasteiger partial charge in [-0.15, -0.1) is 0 Å². The third-order valence-electron chi connectivity index (χ3n) is 3.53. The third-order valence-corrected chi connectivity index (χ3v) is 4.61. The van der Waals surface area contributed by atoms with Gasteiger partial charge in [0, 0.05) is 12.4 Å². The molecule has 1 atom stereocenters. The van der Waals surface area contributed by atoms with Crippen molar-refractivity contribution in [3.8, 4) is 0 Å². The molecule has 0 fully saturated rings. The molecule has 0 aliphatic carbocycles. The van der Waals surface area contributed by atoms with E-state index in [0.29, 0.717) is 0 Å². The van der Waals surface area contributed by atoms with Crippen molar-refractivity contribution < 1.29 is 91.9 Å². The second-order valence-electron chi connectivity index (χ2n) is 5.87. The fraction of sp³-hybridized carbons (Fsp3) is 0.875. The summed E-state index contributed by atoms with van der Waals surface area (Å²) in [5.41, 5.74) is 5.42. The number of carboxylic acid groups (broad SMARTS) is 2. The standard InChI is InChI=1S/C12H27N.C4H6O7S.2Na/c1-2-3-4-5-6-7-8-9-10-11-12-13;5-3(6)1-2(4(7)8)12(9,10)11;;/h2-13H2,1H3;2H,1H2,(H,5,6)(H,7,8)(H,9,10,11);;/q;;2*+1/p-2. The van der Waals surface area contributed by atoms with E-state index in [4.69, 9.17) is 10.3 Å². The van der Waals surface area contributed by atoms with Gasteiger partial charge in [-0.05, 0) is 13.0 Å². The maximum Gasteiger partial charge on any atom is 1.00 e. The predicted molar refractivity (Wildman–Crippen MR) is 90.9 cm³/mol. The Morgan fingerprint density at radius 2 is 1.26 bits per heavy atom. The minimum Gasteiger partial charge on any atom is -0.550 e. The van der Waals surface area contributed by atoms with Gasteiger partial charge >= 0.3 is 59.1 Å². The Kier molecular flexibility index (Phi) is 30.2. The van der Waals surface area contributed by atoms with Crippen LogP contribution in [0.1, 0.15) is 77.6 Å². The number of carbonyl (C=O) groups excluding carboxylic acids is 2. The first-order valence-corrected chi connectivity index (χ1v) is 10.2. The van der Waals surface area contributed by atoms with Crippen LogP contribution in [0.3, 0.4) is 0 Å². The Hall–Kier alpha value is 0.810. The molecule has 0 amide bonds. The van der Waals surface area contributed by atoms with E-state index in [-0.39, 0.29) is 59.1 Å². The summed E-state index contributed by atoms with van der Waals surface area (Å²) in [5.74, 6) is -4.08. The van der Waals surface area contributed by atoms with Crippen LogP contribution in [-0.2, 0) is 19.7 Å². The SMILES string of the molecule is CCCCCCCCCCCCN.O=C([O-])CC(C(=O)[O-])S(=O)(=O)O.[Na+].[Na+]. The number of rotatable bonds is 14. The van der Waals surface area contributed by atoms with Crippen LogP contribution in [0.15, 0.2) is 0 Å². The fourth-order valence-corrected chi connectivity index (χ4v) is 2.68. The van der Waals surface area contributed by atoms with Gasteiger partial charge in [0.25, 0.3) is 10.1 Å². The van der Waals surface area contributed by atoms with Crippen molar-refractivity contribution in [1.29, 1.82) is 0 Å². The normalized spacial score (nSPS) is 11.2. The molecule has 0 radical (unpaired) electrons. The Morgan fingerprint density at radius 1 is 0.889 bits per heavy atom. The largest absolute Gasteiger partial charge is 1.00 e. The molecule has 0 aromatic heterocycles. The molecule has 0 bridgehead atoms. The molecule has 0 aromatic rings. The molecule has 0 spiro atoms. The van der Waals surface area contributed by atoms with Crippen molar-refractivity contribution in [1.82, 2.24) is 0 Å². The Bertz CT molecular complexity index is 452. The first-order chi connectivity index (χ1) is 11.7. The first kappa shape index (κ1) is 35.3. The third kappa shape index (κ3) is 26.8. The molecule has 8 nitrogen and oxygen atoms in total. The zero-order valence-electron chi connectivity index (χ0n) is 16.9. The van der Waals surface area contributed by atoms with Crippen molar-refractivity contribution in [2.45, 2.75) is 82.8 Å². The second-order valence-corrected chi connectivity index (χ2v) is 7.47. The van der Waals surface area contributed by atoms with E-state index in [2.05, 4.69) is 6.92 Å². The number of carboxylic acids is 2. The fourth-order valence-electron chi connectivity index (χ4n) is 2.09. The van der Waals surface area contributed by atoms with Gasteiger partial charge in [-0.25, -0.2) is 0 Å². The summed E-state index contributed by atoms with van der Waals surface area (Å²) < 4.78 is 28.5. The van der Waals surface area contributed by atoms with E-state index in [1.165, 1.54) is 64.2 Å². The van der Waals surface area contributed by atoms with Gasteiger partial charge in [0.1, 0.15) is 5.25 Å². The van der Waals surface area contributed by atoms with Crippen LogP contribution in [0, 0.1) is 0 Å². The maximum atomic E-state index is 10.2. The van der Waals surface area contributed by atoms with E-state index in [0.717, 1.165) is 6.54 Å². The number of aliphatic carboxylic acids is 2. The molecular formula is C16H31NNa2O7S. The molecule has 0 saturated heterocycles. The van der Waals surface area contributed by atoms with Crippen LogP contribution < -0.4 is 75.1 Å². The quantitative estimate of drug-likeness (QED) is 0.157. The second kappa shape index (κ2) is 23.1. The van der Waals surface area contributed by atoms with Crippen LogP contribution in [0.5, 0.6) is 0 Å². The molecule has 150 valence electrons. The van der Waals surface area contributed by atoms with E-state index >= 15 is 0 Å². The van der Waals surface area contributed by atoms with Crippen molar-refractivity contribution in [2.24, 2.45) is 5.73 Å². The number of carbonyl (C=O) groups is 2. The number of unbranched alkanes of at least 4 members (excludes halogenated alkanes) is 9. The van der Waals surface area contributed by atoms with E-state index in [1.54, 1.807) is 0 Å². The van der Waals surface area contributed by atoms with Gasteiger partial charge in [0.05, 0.1) is 5.97 Å². The van der Waals surface area contributed by atoms with Gasteiger partial charge in [0.2, 0.25) is 0 Å². The molecule has 0 aliphatic rings. The minimum absolute atomic E-state index is 0. The van der Waals surface area contributed by atoms with Crippen LogP contribution in [0.25, 0.3) is 0 Å². The summed E-state index contributed by atoms with van der Waals surface area (Å²) in [6, 6.07) is 0. The molecule has 0 aromatic carbocycles. The zero-order valence-corrected chi connectivity index (χ0v) is 21.8. The topological polar surface area (TPSA) is 161 Å². The van der Waals surface area contributed by atoms with E-state index in [1.807, 2.05) is 0 Å². The van der Waals surface area contributed by atoms with Crippen molar-refractivity contribution >= 4 is 22.1 Å². The van der Waals surface area contributed by atoms with Crippen LogP contribution in [0.2, 0.25) is 0 Å². The Morgan fingerprint density at radius 3 is 1.48 bits per heavy atom. The van der Waals surface area contributed by atoms with Gasteiger partial charge in [-0.2, -0.15) is 8.42 Å². The van der Waals surface area contributed by atoms with Crippen LogP contribution >= 0.6 is 0 Å². The smallest absolute Gasteiger partial charge is 0.550 e. The molecule has 0 saturated carbocycles. The number of nitrogens with two attached hydrogens (primary N) is 1. The molecule has 3 N–H and O–H groups in total. The van der Waals surface area contributed by atoms with Crippen molar-refractivity contribution in [3.05, 3.63) is 0 Å². The summed E-state index contributed by atoms with van der Waals surface area (Å²) in [6.07, 6.45) is 12.6. The van der Waals surface area contributed by atoms with Crippen molar-refractivity contribution in [2.75, 3.05) is 6.54 Å². The van der Waals surface area contributed by atoms with E-state index in [9.17, 15) is 28.2 Å². The minimum atomic E-state index is -4.94. The summed E-state index contributed by atoms with van der Waals surface area (Å²) >= 11 is 0. The predicted octanol–water partition coefficient (Wildman–Crippen LogP) is -5.99. The summed E-state index contributed by atoms with van der Waals surface area (Å²) in [4.78, 5) is 19.7. The average Bonchev–Trinajstić information content (AvgIpc) is 2.50. The van der Waals surface area contributed by atoms with Gasteiger partial charge < -0.3 is 25.5 Å². The summed E-state index contributed by atoms with van der Waals surface area (Å²) in [7, 11) is -4.94. The molecule has 0 heterocycles. The Balaban J connectivity index is -0.000000183. The average molecular weight is 427 g/mol. The molecule has 11 heteroatoms. The monoisotopic (exact) mass is 427 g/mol. The molecule has 1 unspecified atom stereocenters. The van der Waals surface area contributed by atoms with Crippen molar-refractivity contribution in [3.63, 3.8) is 0 Å². The molecule has 0 aliphatic heterocycles. The summed E-state index contributed by atoms with van der Waals surface area (Å²) in [6.45, 7) is 3.14. The van der Waals surface area contributed by atoms with Gasteiger partial charge in [-0.3, -0.25) is 4.55 Å². The number of hydrogen-bond acceptors (Lipinski definition) is 7. The Labute approximate surface area is 207 Å². The van der Waals surface area contributed by atoms with E-state index < -0.39 is 33.7 Å². The molecule has 27 heavy (non-hydrogen) atoms. The zero-order chi connectivity index (χ0) is 19.7. The van der Waals surface area contributed by atoms with Crippen LogP contribution in [-0.4, -0.2) is 36.7 Å². The van der Waals surface area contributed by atoms with Crippen LogP contribution in [0.4, 0.5) is 0 Å². The maximum absolute atomic E-state index is 10.2.